The van der Waals surface area contributed by atoms with Crippen LogP contribution in [0.3, 0.4) is 0 Å². The molecule has 0 aliphatic heterocycles. The van der Waals surface area contributed by atoms with E-state index < -0.39 is 34.9 Å². The molecule has 0 aliphatic rings. The van der Waals surface area contributed by atoms with Crippen LogP contribution >= 0.6 is 0 Å². The molecule has 0 fully saturated rings. The minimum atomic E-state index is -1.12. The lowest BCUT2D eigenvalue weighted by Gasteiger charge is -2.19. The molecule has 1 unspecified atom stereocenters. The first-order valence-corrected chi connectivity index (χ1v) is 5.80. The number of nitrogens with two attached hydrogens (primary N) is 1. The quantitative estimate of drug-likeness (QED) is 0.516. The fourth-order valence-corrected chi connectivity index (χ4v) is 2.11. The lowest BCUT2D eigenvalue weighted by Crippen LogP contribution is -2.30. The van der Waals surface area contributed by atoms with Crippen LogP contribution in [0.5, 0.6) is 0 Å². The van der Waals surface area contributed by atoms with Crippen LogP contribution in [0.25, 0.3) is 0 Å². The third kappa shape index (κ3) is 2.81. The summed E-state index contributed by atoms with van der Waals surface area (Å²) < 4.78 is 53.8. The van der Waals surface area contributed by atoms with E-state index in [1.807, 2.05) is 0 Å². The normalized spacial score (nSPS) is 12.5. The van der Waals surface area contributed by atoms with Gasteiger partial charge in [-0.25, -0.2) is 23.0 Å². The number of hydrogen-bond donors (Lipinski definition) is 2. The lowest BCUT2D eigenvalue weighted by molar-refractivity contribution is 0.490. The molecule has 0 radical (unpaired) electrons. The summed E-state index contributed by atoms with van der Waals surface area (Å²) in [5.41, 5.74) is 2.58. The van der Waals surface area contributed by atoms with Crippen LogP contribution in [0.4, 0.5) is 17.6 Å². The van der Waals surface area contributed by atoms with E-state index in [0.29, 0.717) is 17.7 Å². The van der Waals surface area contributed by atoms with E-state index in [9.17, 15) is 17.6 Å². The van der Waals surface area contributed by atoms with Crippen molar-refractivity contribution in [1.29, 1.82) is 0 Å². The molecular formula is C14H12F4N2. The van der Waals surface area contributed by atoms with E-state index in [1.54, 1.807) is 6.92 Å². The standard InChI is InChI=1S/C14H12F4N2/c1-7-2-8(4-9(15)3-7)14(20-19)13-11(17)5-10(16)6-12(13)18/h2-6,14,20H,19H2,1H3. The van der Waals surface area contributed by atoms with E-state index in [0.717, 1.165) is 6.07 Å². The molecule has 0 saturated heterocycles. The molecule has 0 aliphatic carbocycles. The van der Waals surface area contributed by atoms with Gasteiger partial charge in [0.2, 0.25) is 0 Å². The molecular weight excluding hydrogens is 272 g/mol. The smallest absolute Gasteiger partial charge is 0.134 e. The molecule has 1 atom stereocenters. The summed E-state index contributed by atoms with van der Waals surface area (Å²) in [6, 6.07) is 3.90. The van der Waals surface area contributed by atoms with E-state index in [2.05, 4.69) is 5.43 Å². The fraction of sp³-hybridized carbons (Fsp3) is 0.143. The van der Waals surface area contributed by atoms with Crippen molar-refractivity contribution in [2.45, 2.75) is 13.0 Å². The zero-order chi connectivity index (χ0) is 14.9. The van der Waals surface area contributed by atoms with Gasteiger partial charge < -0.3 is 0 Å². The molecule has 6 heteroatoms. The van der Waals surface area contributed by atoms with Crippen LogP contribution in [0, 0.1) is 30.2 Å². The molecule has 2 nitrogen and oxygen atoms in total. The molecule has 0 heterocycles. The Morgan fingerprint density at radius 2 is 1.45 bits per heavy atom. The van der Waals surface area contributed by atoms with Gasteiger partial charge in [0.15, 0.2) is 0 Å². The maximum Gasteiger partial charge on any atom is 0.134 e. The Balaban J connectivity index is 2.58. The highest BCUT2D eigenvalue weighted by molar-refractivity contribution is 5.36. The predicted molar refractivity (Wildman–Crippen MR) is 66.6 cm³/mol. The Labute approximate surface area is 113 Å². The number of benzene rings is 2. The van der Waals surface area contributed by atoms with Gasteiger partial charge in [0.25, 0.3) is 0 Å². The Bertz CT molecular complexity index is 600. The van der Waals surface area contributed by atoms with E-state index in [1.165, 1.54) is 12.1 Å². The largest absolute Gasteiger partial charge is 0.271 e. The van der Waals surface area contributed by atoms with Gasteiger partial charge >= 0.3 is 0 Å². The number of hydrazine groups is 1. The van der Waals surface area contributed by atoms with Gasteiger partial charge in [-0.05, 0) is 30.2 Å². The minimum Gasteiger partial charge on any atom is -0.271 e. The first-order valence-electron chi connectivity index (χ1n) is 5.80. The average molecular weight is 284 g/mol. The summed E-state index contributed by atoms with van der Waals surface area (Å²) in [7, 11) is 0. The van der Waals surface area contributed by atoms with Crippen molar-refractivity contribution in [2.75, 3.05) is 0 Å². The van der Waals surface area contributed by atoms with E-state index in [-0.39, 0.29) is 5.56 Å². The zero-order valence-corrected chi connectivity index (χ0v) is 10.6. The van der Waals surface area contributed by atoms with Crippen LogP contribution in [0.2, 0.25) is 0 Å². The van der Waals surface area contributed by atoms with Gasteiger partial charge in [0.05, 0.1) is 6.04 Å². The number of nitrogens with one attached hydrogen (secondary N) is 1. The molecule has 2 aromatic carbocycles. The molecule has 2 rings (SSSR count). The Morgan fingerprint density at radius 1 is 0.900 bits per heavy atom. The van der Waals surface area contributed by atoms with Crippen LogP contribution in [-0.4, -0.2) is 0 Å². The fourth-order valence-electron chi connectivity index (χ4n) is 2.11. The Hall–Kier alpha value is -1.92. The number of hydrogen-bond acceptors (Lipinski definition) is 2. The van der Waals surface area contributed by atoms with Gasteiger partial charge in [0.1, 0.15) is 23.3 Å². The Kier molecular flexibility index (Phi) is 4.06. The van der Waals surface area contributed by atoms with Crippen molar-refractivity contribution < 1.29 is 17.6 Å². The third-order valence-corrected chi connectivity index (χ3v) is 2.90. The topological polar surface area (TPSA) is 38.0 Å². The highest BCUT2D eigenvalue weighted by Gasteiger charge is 2.22. The second kappa shape index (κ2) is 5.60. The molecule has 2 aromatic rings. The van der Waals surface area contributed by atoms with Crippen molar-refractivity contribution in [3.63, 3.8) is 0 Å². The molecule has 0 amide bonds. The van der Waals surface area contributed by atoms with Crippen molar-refractivity contribution >= 4 is 0 Å². The van der Waals surface area contributed by atoms with Crippen LogP contribution < -0.4 is 11.3 Å². The van der Waals surface area contributed by atoms with Gasteiger partial charge in [-0.3, -0.25) is 5.84 Å². The summed E-state index contributed by atoms with van der Waals surface area (Å²) in [6.45, 7) is 1.64. The van der Waals surface area contributed by atoms with Crippen molar-refractivity contribution in [1.82, 2.24) is 5.43 Å². The van der Waals surface area contributed by atoms with Gasteiger partial charge in [0, 0.05) is 17.7 Å². The van der Waals surface area contributed by atoms with Crippen molar-refractivity contribution in [2.24, 2.45) is 5.84 Å². The minimum absolute atomic E-state index is 0.245. The molecule has 0 aromatic heterocycles. The second-order valence-electron chi connectivity index (χ2n) is 4.44. The summed E-state index contributed by atoms with van der Waals surface area (Å²) in [5.74, 6) is 1.55. The molecule has 20 heavy (non-hydrogen) atoms. The van der Waals surface area contributed by atoms with Crippen LogP contribution in [0.15, 0.2) is 30.3 Å². The summed E-state index contributed by atoms with van der Waals surface area (Å²) >= 11 is 0. The highest BCUT2D eigenvalue weighted by Crippen LogP contribution is 2.28. The second-order valence-corrected chi connectivity index (χ2v) is 4.44. The van der Waals surface area contributed by atoms with Crippen molar-refractivity contribution in [3.8, 4) is 0 Å². The van der Waals surface area contributed by atoms with Gasteiger partial charge in [-0.15, -0.1) is 0 Å². The van der Waals surface area contributed by atoms with Crippen LogP contribution in [-0.2, 0) is 0 Å². The first kappa shape index (κ1) is 14.5. The number of rotatable bonds is 3. The van der Waals surface area contributed by atoms with E-state index >= 15 is 0 Å². The van der Waals surface area contributed by atoms with Gasteiger partial charge in [-0.2, -0.15) is 0 Å². The molecule has 106 valence electrons. The Morgan fingerprint density at radius 3 is 1.95 bits per heavy atom. The third-order valence-electron chi connectivity index (χ3n) is 2.90. The molecule has 3 N–H and O–H groups in total. The lowest BCUT2D eigenvalue weighted by atomic mass is 9.96. The maximum atomic E-state index is 13.8. The molecule has 0 bridgehead atoms. The van der Waals surface area contributed by atoms with Gasteiger partial charge in [-0.1, -0.05) is 6.07 Å². The first-order chi connectivity index (χ1) is 9.42. The number of halogens is 4. The predicted octanol–water partition coefficient (Wildman–Crippen LogP) is 3.10. The molecule has 0 saturated carbocycles. The van der Waals surface area contributed by atoms with Crippen LogP contribution in [0.1, 0.15) is 22.7 Å². The maximum absolute atomic E-state index is 13.8. The summed E-state index contributed by atoms with van der Waals surface area (Å²) in [6.07, 6.45) is 0. The van der Waals surface area contributed by atoms with Crippen molar-refractivity contribution in [3.05, 3.63) is 70.3 Å². The average Bonchev–Trinajstić information content (AvgIpc) is 2.32. The summed E-state index contributed by atoms with van der Waals surface area (Å²) in [5, 5.41) is 0. The zero-order valence-electron chi connectivity index (χ0n) is 10.6. The monoisotopic (exact) mass is 284 g/mol. The molecule has 0 spiro atoms. The number of aryl methyl sites for hydroxylation is 1. The summed E-state index contributed by atoms with van der Waals surface area (Å²) in [4.78, 5) is 0. The SMILES string of the molecule is Cc1cc(F)cc(C(NN)c2c(F)cc(F)cc2F)c1. The highest BCUT2D eigenvalue weighted by atomic mass is 19.1. The van der Waals surface area contributed by atoms with E-state index in [4.69, 9.17) is 5.84 Å².